The molecular weight excluding hydrogens is 236 g/mol. The van der Waals surface area contributed by atoms with Gasteiger partial charge in [0.2, 0.25) is 5.91 Å². The molecule has 1 N–H and O–H groups in total. The van der Waals surface area contributed by atoms with Gasteiger partial charge in [-0.15, -0.1) is 0 Å². The van der Waals surface area contributed by atoms with Crippen LogP contribution in [0, 0.1) is 6.92 Å². The molecule has 98 valence electrons. The lowest BCUT2D eigenvalue weighted by Crippen LogP contribution is -2.28. The Hall–Kier alpha value is -2.11. The van der Waals surface area contributed by atoms with Crippen molar-refractivity contribution in [3.8, 4) is 0 Å². The molecule has 0 fully saturated rings. The maximum absolute atomic E-state index is 11.9. The maximum Gasteiger partial charge on any atom is 0.331 e. The van der Waals surface area contributed by atoms with Crippen LogP contribution in [0.1, 0.15) is 25.3 Å². The first-order chi connectivity index (χ1) is 8.32. The molecule has 0 aliphatic heterocycles. The minimum atomic E-state index is -1.09. The zero-order chi connectivity index (χ0) is 13.9. The van der Waals surface area contributed by atoms with Crippen LogP contribution in [0.3, 0.4) is 0 Å². The number of hydrogen-bond donors (Lipinski definition) is 1. The molecule has 1 aromatic heterocycles. The molecule has 0 spiro atoms. The number of aromatic nitrogens is 1. The Morgan fingerprint density at radius 3 is 2.44 bits per heavy atom. The third-order valence-electron chi connectivity index (χ3n) is 2.63. The van der Waals surface area contributed by atoms with Crippen molar-refractivity contribution in [3.05, 3.63) is 28.7 Å². The van der Waals surface area contributed by atoms with E-state index >= 15 is 0 Å². The number of aryl methyl sites for hydroxylation is 1. The van der Waals surface area contributed by atoms with Gasteiger partial charge in [-0.2, -0.15) is 0 Å². The molecule has 0 aliphatic rings. The second-order valence-electron chi connectivity index (χ2n) is 4.15. The van der Waals surface area contributed by atoms with Gasteiger partial charge in [-0.25, -0.2) is 4.79 Å². The molecule has 18 heavy (non-hydrogen) atoms. The van der Waals surface area contributed by atoms with Crippen molar-refractivity contribution in [3.63, 3.8) is 0 Å². The van der Waals surface area contributed by atoms with Crippen molar-refractivity contribution in [2.24, 2.45) is 0 Å². The van der Waals surface area contributed by atoms with E-state index in [2.05, 4.69) is 5.16 Å². The Morgan fingerprint density at radius 1 is 1.39 bits per heavy atom. The van der Waals surface area contributed by atoms with Gasteiger partial charge in [0.15, 0.2) is 0 Å². The monoisotopic (exact) mass is 252 g/mol. The van der Waals surface area contributed by atoms with Gasteiger partial charge in [0.1, 0.15) is 11.5 Å². The zero-order valence-electron chi connectivity index (χ0n) is 10.9. The molecule has 1 heterocycles. The third-order valence-corrected chi connectivity index (χ3v) is 2.63. The van der Waals surface area contributed by atoms with Crippen molar-refractivity contribution in [1.29, 1.82) is 0 Å². The summed E-state index contributed by atoms with van der Waals surface area (Å²) in [7, 11) is 1.59. The van der Waals surface area contributed by atoms with Crippen LogP contribution in [0.25, 0.3) is 0 Å². The van der Waals surface area contributed by atoms with Gasteiger partial charge in [-0.05, 0) is 20.8 Å². The van der Waals surface area contributed by atoms with Crippen molar-refractivity contribution in [1.82, 2.24) is 10.1 Å². The average molecular weight is 252 g/mol. The van der Waals surface area contributed by atoms with Gasteiger partial charge in [0, 0.05) is 24.3 Å². The number of nitrogens with zero attached hydrogens (tertiary/aromatic N) is 2. The van der Waals surface area contributed by atoms with Gasteiger partial charge >= 0.3 is 5.97 Å². The summed E-state index contributed by atoms with van der Waals surface area (Å²) in [4.78, 5) is 24.1. The van der Waals surface area contributed by atoms with E-state index in [0.29, 0.717) is 11.5 Å². The van der Waals surface area contributed by atoms with Crippen LogP contribution in [0.5, 0.6) is 0 Å². The Balaban J connectivity index is 2.79. The number of carbonyl (C=O) groups excluding carboxylic acids is 1. The van der Waals surface area contributed by atoms with Crippen molar-refractivity contribution in [2.75, 3.05) is 7.05 Å². The number of carboxylic acids is 1. The summed E-state index contributed by atoms with van der Waals surface area (Å²) in [5.41, 5.74) is 0.887. The fourth-order valence-electron chi connectivity index (χ4n) is 1.41. The second-order valence-corrected chi connectivity index (χ2v) is 4.15. The molecule has 0 radical (unpaired) electrons. The Morgan fingerprint density at radius 2 is 2.00 bits per heavy atom. The zero-order valence-corrected chi connectivity index (χ0v) is 10.9. The van der Waals surface area contributed by atoms with E-state index in [1.165, 1.54) is 18.7 Å². The quantitative estimate of drug-likeness (QED) is 0.818. The van der Waals surface area contributed by atoms with E-state index in [-0.39, 0.29) is 23.6 Å². The molecule has 0 unspecified atom stereocenters. The topological polar surface area (TPSA) is 83.6 Å². The SMILES string of the molecule is CC(C(=O)O)=C(C)C(=O)N(C)Cc1cc(C)on1. The summed E-state index contributed by atoms with van der Waals surface area (Å²) < 4.78 is 4.90. The highest BCUT2D eigenvalue weighted by Crippen LogP contribution is 2.10. The average Bonchev–Trinajstić information content (AvgIpc) is 2.71. The highest BCUT2D eigenvalue weighted by atomic mass is 16.5. The first kappa shape index (κ1) is 14.0. The van der Waals surface area contributed by atoms with Crippen LogP contribution in [-0.4, -0.2) is 34.1 Å². The lowest BCUT2D eigenvalue weighted by molar-refractivity contribution is -0.133. The smallest absolute Gasteiger partial charge is 0.331 e. The van der Waals surface area contributed by atoms with Gasteiger partial charge in [-0.3, -0.25) is 4.79 Å². The van der Waals surface area contributed by atoms with E-state index < -0.39 is 5.97 Å². The van der Waals surface area contributed by atoms with E-state index in [1.807, 2.05) is 0 Å². The van der Waals surface area contributed by atoms with Crippen LogP contribution >= 0.6 is 0 Å². The summed E-state index contributed by atoms with van der Waals surface area (Å²) in [5, 5.41) is 12.6. The molecule has 0 saturated carbocycles. The second kappa shape index (κ2) is 5.48. The molecule has 0 aromatic carbocycles. The molecule has 6 nitrogen and oxygen atoms in total. The predicted octanol–water partition coefficient (Wildman–Crippen LogP) is 1.36. The Labute approximate surface area is 105 Å². The van der Waals surface area contributed by atoms with Crippen LogP contribution in [0.4, 0.5) is 0 Å². The minimum Gasteiger partial charge on any atom is -0.478 e. The highest BCUT2D eigenvalue weighted by Gasteiger charge is 2.17. The Kier molecular flexibility index (Phi) is 4.25. The summed E-state index contributed by atoms with van der Waals surface area (Å²) >= 11 is 0. The molecular formula is C12H16N2O4. The molecule has 1 amide bonds. The number of rotatable bonds is 4. The normalized spacial score (nSPS) is 12.0. The molecule has 0 atom stereocenters. The number of carboxylic acid groups (broad SMARTS) is 1. The van der Waals surface area contributed by atoms with E-state index in [9.17, 15) is 9.59 Å². The number of carbonyl (C=O) groups is 2. The maximum atomic E-state index is 11.9. The van der Waals surface area contributed by atoms with Gasteiger partial charge < -0.3 is 14.5 Å². The van der Waals surface area contributed by atoms with Crippen molar-refractivity contribution < 1.29 is 19.2 Å². The molecule has 0 saturated heterocycles. The number of amides is 1. The molecule has 0 aliphatic carbocycles. The van der Waals surface area contributed by atoms with Crippen molar-refractivity contribution in [2.45, 2.75) is 27.3 Å². The molecule has 6 heteroatoms. The minimum absolute atomic E-state index is 0.0446. The first-order valence-electron chi connectivity index (χ1n) is 5.41. The standard InChI is InChI=1S/C12H16N2O4/c1-7-5-10(13-18-7)6-14(4)11(15)8(2)9(3)12(16)17/h5H,6H2,1-4H3,(H,16,17). The number of likely N-dealkylation sites (N-methyl/N-ethyl adjacent to an activating group) is 1. The fourth-order valence-corrected chi connectivity index (χ4v) is 1.41. The predicted molar refractivity (Wildman–Crippen MR) is 63.7 cm³/mol. The van der Waals surface area contributed by atoms with E-state index in [1.54, 1.807) is 20.0 Å². The van der Waals surface area contributed by atoms with Crippen LogP contribution in [-0.2, 0) is 16.1 Å². The number of aliphatic carboxylic acids is 1. The lowest BCUT2D eigenvalue weighted by Gasteiger charge is -2.16. The lowest BCUT2D eigenvalue weighted by atomic mass is 10.1. The summed E-state index contributed by atoms with van der Waals surface area (Å²) in [6, 6.07) is 1.73. The van der Waals surface area contributed by atoms with Gasteiger partial charge in [0.25, 0.3) is 0 Å². The van der Waals surface area contributed by atoms with E-state index in [0.717, 1.165) is 0 Å². The van der Waals surface area contributed by atoms with Gasteiger partial charge in [0.05, 0.1) is 6.54 Å². The first-order valence-corrected chi connectivity index (χ1v) is 5.41. The van der Waals surface area contributed by atoms with E-state index in [4.69, 9.17) is 9.63 Å². The third kappa shape index (κ3) is 3.19. The summed E-state index contributed by atoms with van der Waals surface area (Å²) in [5.74, 6) is -0.762. The molecule has 1 aromatic rings. The molecule has 1 rings (SSSR count). The Bertz CT molecular complexity index is 502. The van der Waals surface area contributed by atoms with Crippen LogP contribution in [0.2, 0.25) is 0 Å². The highest BCUT2D eigenvalue weighted by molar-refractivity contribution is 6.01. The van der Waals surface area contributed by atoms with Gasteiger partial charge in [-0.1, -0.05) is 5.16 Å². The molecule has 0 bridgehead atoms. The van der Waals surface area contributed by atoms with Crippen LogP contribution < -0.4 is 0 Å². The number of hydrogen-bond acceptors (Lipinski definition) is 4. The summed E-state index contributed by atoms with van der Waals surface area (Å²) in [6.07, 6.45) is 0. The van der Waals surface area contributed by atoms with Crippen molar-refractivity contribution >= 4 is 11.9 Å². The fraction of sp³-hybridized carbons (Fsp3) is 0.417. The van der Waals surface area contributed by atoms with Crippen LogP contribution in [0.15, 0.2) is 21.7 Å². The summed E-state index contributed by atoms with van der Waals surface area (Å²) in [6.45, 7) is 4.94. The largest absolute Gasteiger partial charge is 0.478 e.